The lowest BCUT2D eigenvalue weighted by atomic mass is 10.2. The second-order valence-electron chi connectivity index (χ2n) is 7.80. The molecule has 172 valence electrons. The molecule has 0 N–H and O–H groups in total. The molecule has 5 rings (SSSR count). The minimum absolute atomic E-state index is 0.137. The first-order valence-corrected chi connectivity index (χ1v) is 12.7. The molecule has 1 amide bonds. The van der Waals surface area contributed by atoms with Gasteiger partial charge >= 0.3 is 0 Å². The van der Waals surface area contributed by atoms with Crippen molar-refractivity contribution in [3.05, 3.63) is 46.8 Å². The number of amides is 1. The van der Waals surface area contributed by atoms with Gasteiger partial charge < -0.3 is 13.9 Å². The normalized spacial score (nSPS) is 14.7. The van der Waals surface area contributed by atoms with E-state index in [9.17, 15) is 4.79 Å². The first kappa shape index (κ1) is 21.9. The van der Waals surface area contributed by atoms with Gasteiger partial charge in [0.05, 0.1) is 9.75 Å². The summed E-state index contributed by atoms with van der Waals surface area (Å²) < 4.78 is 10.7. The number of hydrogen-bond donors (Lipinski definition) is 0. The van der Waals surface area contributed by atoms with Gasteiger partial charge in [-0.15, -0.1) is 22.7 Å². The van der Waals surface area contributed by atoms with Crippen LogP contribution >= 0.6 is 22.7 Å². The standard InChI is InChI=1S/C22H24N6O3S2/c29-20(8-7-19-24-22(26-31-19)17-5-3-15-33-17)28-12-10-27(11-13-28)9-1-6-18-23-21(25-30-18)16-4-2-14-32-16/h2-5,14-15H,1,6-13H2. The largest absolute Gasteiger partial charge is 0.340 e. The van der Waals surface area contributed by atoms with E-state index in [-0.39, 0.29) is 5.91 Å². The maximum Gasteiger partial charge on any atom is 0.227 e. The Balaban J connectivity index is 1.00. The van der Waals surface area contributed by atoms with Gasteiger partial charge in [-0.05, 0) is 35.9 Å². The number of carbonyl (C=O) groups excluding carboxylic acids is 1. The topological polar surface area (TPSA) is 101 Å². The van der Waals surface area contributed by atoms with Crippen LogP contribution in [0.2, 0.25) is 0 Å². The van der Waals surface area contributed by atoms with Crippen LogP contribution in [0.5, 0.6) is 0 Å². The van der Waals surface area contributed by atoms with E-state index in [1.54, 1.807) is 22.7 Å². The van der Waals surface area contributed by atoms with Crippen LogP contribution in [0.15, 0.2) is 44.1 Å². The molecule has 1 saturated heterocycles. The summed E-state index contributed by atoms with van der Waals surface area (Å²) in [5, 5.41) is 12.0. The zero-order chi connectivity index (χ0) is 22.5. The third-order valence-corrected chi connectivity index (χ3v) is 7.29. The minimum Gasteiger partial charge on any atom is -0.340 e. The number of piperazine rings is 1. The summed E-state index contributed by atoms with van der Waals surface area (Å²) in [6.45, 7) is 4.18. The van der Waals surface area contributed by atoms with Crippen molar-refractivity contribution < 1.29 is 13.8 Å². The number of aryl methyl sites for hydroxylation is 2. The predicted octanol–water partition coefficient (Wildman–Crippen LogP) is 3.62. The molecule has 1 aliphatic rings. The Labute approximate surface area is 199 Å². The molecule has 1 fully saturated rings. The monoisotopic (exact) mass is 484 g/mol. The fourth-order valence-electron chi connectivity index (χ4n) is 3.77. The average molecular weight is 485 g/mol. The van der Waals surface area contributed by atoms with Gasteiger partial charge in [0.2, 0.25) is 29.3 Å². The Bertz CT molecular complexity index is 1150. The van der Waals surface area contributed by atoms with E-state index in [0.29, 0.717) is 36.3 Å². The molecule has 9 nitrogen and oxygen atoms in total. The number of rotatable bonds is 9. The molecule has 11 heteroatoms. The Morgan fingerprint density at radius 2 is 1.48 bits per heavy atom. The van der Waals surface area contributed by atoms with Gasteiger partial charge in [0.1, 0.15) is 0 Å². The van der Waals surface area contributed by atoms with Crippen LogP contribution in [-0.4, -0.2) is 68.7 Å². The summed E-state index contributed by atoms with van der Waals surface area (Å²) >= 11 is 3.17. The van der Waals surface area contributed by atoms with Crippen LogP contribution in [-0.2, 0) is 17.6 Å². The molecular weight excluding hydrogens is 460 g/mol. The number of carbonyl (C=O) groups is 1. The lowest BCUT2D eigenvalue weighted by Crippen LogP contribution is -2.48. The Hall–Kier alpha value is -2.89. The van der Waals surface area contributed by atoms with Crippen molar-refractivity contribution in [2.24, 2.45) is 0 Å². The van der Waals surface area contributed by atoms with E-state index < -0.39 is 0 Å². The second-order valence-corrected chi connectivity index (χ2v) is 9.70. The van der Waals surface area contributed by atoms with Crippen molar-refractivity contribution in [2.45, 2.75) is 25.7 Å². The molecule has 1 aliphatic heterocycles. The third-order valence-electron chi connectivity index (χ3n) is 5.56. The van der Waals surface area contributed by atoms with Gasteiger partial charge in [-0.2, -0.15) is 9.97 Å². The fraction of sp³-hybridized carbons (Fsp3) is 0.409. The number of nitrogens with zero attached hydrogens (tertiary/aromatic N) is 6. The lowest BCUT2D eigenvalue weighted by Gasteiger charge is -2.34. The molecule has 4 aromatic rings. The van der Waals surface area contributed by atoms with Gasteiger partial charge in [-0.1, -0.05) is 22.4 Å². The van der Waals surface area contributed by atoms with Crippen molar-refractivity contribution >= 4 is 28.6 Å². The first-order valence-electron chi connectivity index (χ1n) is 11.0. The van der Waals surface area contributed by atoms with E-state index in [1.165, 1.54) is 0 Å². The summed E-state index contributed by atoms with van der Waals surface area (Å²) in [5.74, 6) is 2.57. The Kier molecular flexibility index (Phi) is 6.89. The summed E-state index contributed by atoms with van der Waals surface area (Å²) in [4.78, 5) is 27.8. The van der Waals surface area contributed by atoms with Crippen molar-refractivity contribution in [1.29, 1.82) is 0 Å². The highest BCUT2D eigenvalue weighted by Crippen LogP contribution is 2.22. The van der Waals surface area contributed by atoms with Gasteiger partial charge in [0.25, 0.3) is 0 Å². The SMILES string of the molecule is O=C(CCc1nc(-c2cccs2)no1)N1CCN(CCCc2nc(-c3cccs3)no2)CC1. The zero-order valence-electron chi connectivity index (χ0n) is 18.1. The highest BCUT2D eigenvalue weighted by atomic mass is 32.1. The molecule has 0 saturated carbocycles. The first-order chi connectivity index (χ1) is 16.2. The van der Waals surface area contributed by atoms with Crippen LogP contribution in [0, 0.1) is 0 Å². The zero-order valence-corrected chi connectivity index (χ0v) is 19.7. The summed E-state index contributed by atoms with van der Waals surface area (Å²) in [6.07, 6.45) is 2.56. The van der Waals surface area contributed by atoms with Crippen LogP contribution in [0.25, 0.3) is 21.4 Å². The molecule has 4 aromatic heterocycles. The predicted molar refractivity (Wildman–Crippen MR) is 125 cm³/mol. The molecule has 0 unspecified atom stereocenters. The maximum absolute atomic E-state index is 12.6. The highest BCUT2D eigenvalue weighted by Gasteiger charge is 2.22. The lowest BCUT2D eigenvalue weighted by molar-refractivity contribution is -0.133. The van der Waals surface area contributed by atoms with Gasteiger partial charge in [0.15, 0.2) is 0 Å². The van der Waals surface area contributed by atoms with Crippen molar-refractivity contribution in [3.63, 3.8) is 0 Å². The van der Waals surface area contributed by atoms with Crippen molar-refractivity contribution in [3.8, 4) is 21.4 Å². The Morgan fingerprint density at radius 3 is 2.06 bits per heavy atom. The molecule has 5 heterocycles. The van der Waals surface area contributed by atoms with E-state index >= 15 is 0 Å². The van der Waals surface area contributed by atoms with E-state index in [4.69, 9.17) is 9.05 Å². The van der Waals surface area contributed by atoms with Crippen molar-refractivity contribution in [2.75, 3.05) is 32.7 Å². The summed E-state index contributed by atoms with van der Waals surface area (Å²) in [7, 11) is 0. The fourth-order valence-corrected chi connectivity index (χ4v) is 5.07. The van der Waals surface area contributed by atoms with Crippen molar-refractivity contribution in [1.82, 2.24) is 30.1 Å². The Morgan fingerprint density at radius 1 is 0.879 bits per heavy atom. The average Bonchev–Trinajstić information content (AvgIpc) is 3.64. The number of aromatic nitrogens is 4. The van der Waals surface area contributed by atoms with Gasteiger partial charge in [-0.25, -0.2) is 0 Å². The summed E-state index contributed by atoms with van der Waals surface area (Å²) in [5.41, 5.74) is 0. The van der Waals surface area contributed by atoms with E-state index in [1.807, 2.05) is 39.9 Å². The van der Waals surface area contributed by atoms with Gasteiger partial charge in [-0.3, -0.25) is 9.69 Å². The van der Waals surface area contributed by atoms with E-state index in [0.717, 1.165) is 55.3 Å². The highest BCUT2D eigenvalue weighted by molar-refractivity contribution is 7.13. The summed E-state index contributed by atoms with van der Waals surface area (Å²) in [6, 6.07) is 7.87. The number of hydrogen-bond acceptors (Lipinski definition) is 10. The van der Waals surface area contributed by atoms with Crippen LogP contribution in [0.1, 0.15) is 24.6 Å². The van der Waals surface area contributed by atoms with Crippen LogP contribution < -0.4 is 0 Å². The van der Waals surface area contributed by atoms with Crippen LogP contribution in [0.3, 0.4) is 0 Å². The quantitative estimate of drug-likeness (QED) is 0.355. The smallest absolute Gasteiger partial charge is 0.227 e. The molecule has 0 bridgehead atoms. The molecule has 0 atom stereocenters. The second kappa shape index (κ2) is 10.4. The molecular formula is C22H24N6O3S2. The third kappa shape index (κ3) is 5.55. The minimum atomic E-state index is 0.137. The van der Waals surface area contributed by atoms with Gasteiger partial charge in [0, 0.05) is 45.4 Å². The molecule has 0 aromatic carbocycles. The molecule has 0 radical (unpaired) electrons. The molecule has 33 heavy (non-hydrogen) atoms. The van der Waals surface area contributed by atoms with Crippen LogP contribution in [0.4, 0.5) is 0 Å². The van der Waals surface area contributed by atoms with E-state index in [2.05, 4.69) is 25.2 Å². The maximum atomic E-state index is 12.6. The number of thiophene rings is 2. The molecule has 0 spiro atoms. The molecule has 0 aliphatic carbocycles.